The number of alkyl halides is 3. The summed E-state index contributed by atoms with van der Waals surface area (Å²) in [4.78, 5) is 24.5. The predicted octanol–water partition coefficient (Wildman–Crippen LogP) is 8.31. The van der Waals surface area contributed by atoms with Crippen LogP contribution in [0.25, 0.3) is 0 Å². The molecule has 0 aromatic rings. The fraction of sp³-hybridized carbons (Fsp3) is 0.935. The molecule has 4 aliphatic rings. The van der Waals surface area contributed by atoms with Gasteiger partial charge in [-0.1, -0.05) is 27.7 Å². The van der Waals surface area contributed by atoms with E-state index in [1.54, 1.807) is 13.8 Å². The average molecular weight is 563 g/mol. The molecule has 5 nitrogen and oxygen atoms in total. The van der Waals surface area contributed by atoms with Crippen LogP contribution in [-0.2, 0) is 19.1 Å². The van der Waals surface area contributed by atoms with Crippen LogP contribution in [0.5, 0.6) is 0 Å². The number of carbonyl (C=O) groups is 2. The molecule has 0 amide bonds. The normalized spacial score (nSPS) is 28.5. The second-order valence-electron chi connectivity index (χ2n) is 14.0. The van der Waals surface area contributed by atoms with Crippen molar-refractivity contribution in [2.24, 2.45) is 22.7 Å². The molecule has 0 aromatic heterocycles. The Balaban J connectivity index is 0.000000273. The van der Waals surface area contributed by atoms with E-state index in [9.17, 15) is 27.9 Å². The molecule has 4 fully saturated rings. The number of carbonyl (C=O) groups excluding carboxylic acids is 2. The number of ether oxygens (including phenoxy) is 2. The molecule has 2 unspecified atom stereocenters. The predicted molar refractivity (Wildman–Crippen MR) is 146 cm³/mol. The van der Waals surface area contributed by atoms with Gasteiger partial charge in [0.2, 0.25) is 0 Å². The first kappa shape index (κ1) is 33.9. The van der Waals surface area contributed by atoms with Crippen LogP contribution in [0, 0.1) is 22.7 Å². The third-order valence-electron chi connectivity index (χ3n) is 9.85. The van der Waals surface area contributed by atoms with Gasteiger partial charge in [0, 0.05) is 12.8 Å². The van der Waals surface area contributed by atoms with Crippen LogP contribution in [0.3, 0.4) is 0 Å². The minimum atomic E-state index is -4.15. The second kappa shape index (κ2) is 12.3. The number of esters is 2. The number of hydrogen-bond acceptors (Lipinski definition) is 5. The van der Waals surface area contributed by atoms with Crippen LogP contribution in [0.1, 0.15) is 139 Å². The Morgan fingerprint density at radius 3 is 1.69 bits per heavy atom. The fourth-order valence-electron chi connectivity index (χ4n) is 6.62. The molecule has 0 spiro atoms. The molecule has 0 aliphatic heterocycles. The number of rotatable bonds is 11. The highest BCUT2D eigenvalue weighted by Crippen LogP contribution is 2.59. The van der Waals surface area contributed by atoms with Crippen molar-refractivity contribution in [1.82, 2.24) is 0 Å². The lowest BCUT2D eigenvalue weighted by Crippen LogP contribution is -2.61. The van der Waals surface area contributed by atoms with Crippen molar-refractivity contribution in [1.29, 1.82) is 0 Å². The summed E-state index contributed by atoms with van der Waals surface area (Å²) < 4.78 is 48.3. The van der Waals surface area contributed by atoms with Gasteiger partial charge in [-0.15, -0.1) is 0 Å². The van der Waals surface area contributed by atoms with E-state index in [0.29, 0.717) is 37.5 Å². The maximum atomic E-state index is 12.4. The summed E-state index contributed by atoms with van der Waals surface area (Å²) >= 11 is 0. The first-order valence-electron chi connectivity index (χ1n) is 15.0. The average Bonchev–Trinajstić information content (AvgIpc) is 2.81. The van der Waals surface area contributed by atoms with Gasteiger partial charge >= 0.3 is 18.1 Å². The van der Waals surface area contributed by atoms with Crippen molar-refractivity contribution < 1.29 is 37.3 Å². The van der Waals surface area contributed by atoms with Crippen LogP contribution < -0.4 is 0 Å². The summed E-state index contributed by atoms with van der Waals surface area (Å²) in [6.07, 6.45) is 3.42. The summed E-state index contributed by atoms with van der Waals surface area (Å²) in [6.45, 7) is 15.1. The van der Waals surface area contributed by atoms with E-state index in [4.69, 9.17) is 9.47 Å². The molecule has 4 bridgehead atoms. The highest BCUT2D eigenvalue weighted by molar-refractivity contribution is 5.76. The van der Waals surface area contributed by atoms with Gasteiger partial charge in [0.05, 0.1) is 16.4 Å². The lowest BCUT2D eigenvalue weighted by molar-refractivity contribution is -0.225. The molecule has 4 rings (SSSR count). The Bertz CT molecular complexity index is 830. The van der Waals surface area contributed by atoms with E-state index >= 15 is 0 Å². The Kier molecular flexibility index (Phi) is 10.7. The molecule has 39 heavy (non-hydrogen) atoms. The fourth-order valence-corrected chi connectivity index (χ4v) is 6.62. The lowest BCUT2D eigenvalue weighted by atomic mass is 9.52. The van der Waals surface area contributed by atoms with Gasteiger partial charge in [0.1, 0.15) is 11.2 Å². The van der Waals surface area contributed by atoms with Gasteiger partial charge in [-0.3, -0.25) is 9.59 Å². The first-order chi connectivity index (χ1) is 17.8. The lowest BCUT2D eigenvalue weighted by Gasteiger charge is -2.59. The largest absolute Gasteiger partial charge is 0.459 e. The van der Waals surface area contributed by atoms with E-state index in [-0.39, 0.29) is 30.4 Å². The molecular weight excluding hydrogens is 509 g/mol. The standard InChI is InChI=1S/C16H26O3.C15H27F3O2/c1-4-14(2,3)13(17)19-16-8-11-5-12(9-16)7-15(18,6-11)10-16;1-6-13(4,5)12(19)20-14(7-2,8-3)10-9-11-15(16,17)18/h11-12,18H,4-10H2,1-3H3;6-11H2,1-5H3. The summed E-state index contributed by atoms with van der Waals surface area (Å²) in [5.41, 5.74) is -2.69. The Morgan fingerprint density at radius 2 is 1.28 bits per heavy atom. The number of halogens is 3. The second-order valence-corrected chi connectivity index (χ2v) is 14.0. The highest BCUT2D eigenvalue weighted by atomic mass is 19.4. The Labute approximate surface area is 234 Å². The van der Waals surface area contributed by atoms with Crippen LogP contribution >= 0.6 is 0 Å². The van der Waals surface area contributed by atoms with E-state index < -0.39 is 34.6 Å². The summed E-state index contributed by atoms with van der Waals surface area (Å²) in [7, 11) is 0. The quantitative estimate of drug-likeness (QED) is 0.256. The summed E-state index contributed by atoms with van der Waals surface area (Å²) in [5.74, 6) is 0.712. The molecule has 2 atom stereocenters. The Morgan fingerprint density at radius 1 is 0.795 bits per heavy atom. The van der Waals surface area contributed by atoms with Gasteiger partial charge in [0.15, 0.2) is 0 Å². The SMILES string of the molecule is CCC(C)(C)C(=O)OC12CC3CC(CC(O)(C3)C1)C2.CCC(CC)(CCCC(F)(F)F)OC(=O)C(C)(C)CC. The van der Waals surface area contributed by atoms with Crippen molar-refractivity contribution in [2.45, 2.75) is 162 Å². The third kappa shape index (κ3) is 8.84. The monoisotopic (exact) mass is 562 g/mol. The molecule has 228 valence electrons. The molecule has 0 heterocycles. The van der Waals surface area contributed by atoms with Gasteiger partial charge in [-0.2, -0.15) is 13.2 Å². The summed E-state index contributed by atoms with van der Waals surface area (Å²) in [5, 5.41) is 10.6. The van der Waals surface area contributed by atoms with Gasteiger partial charge in [-0.25, -0.2) is 0 Å². The van der Waals surface area contributed by atoms with E-state index in [1.165, 1.54) is 6.42 Å². The Hall–Kier alpha value is -1.31. The van der Waals surface area contributed by atoms with Crippen LogP contribution in [0.4, 0.5) is 13.2 Å². The maximum Gasteiger partial charge on any atom is 0.389 e. The van der Waals surface area contributed by atoms with Crippen LogP contribution in [0.15, 0.2) is 0 Å². The van der Waals surface area contributed by atoms with Gasteiger partial charge in [0.25, 0.3) is 0 Å². The zero-order valence-electron chi connectivity index (χ0n) is 25.6. The summed E-state index contributed by atoms with van der Waals surface area (Å²) in [6, 6.07) is 0. The third-order valence-corrected chi connectivity index (χ3v) is 9.85. The van der Waals surface area contributed by atoms with Crippen molar-refractivity contribution in [3.05, 3.63) is 0 Å². The van der Waals surface area contributed by atoms with Crippen LogP contribution in [0.2, 0.25) is 0 Å². The molecule has 0 saturated heterocycles. The highest BCUT2D eigenvalue weighted by Gasteiger charge is 2.59. The van der Waals surface area contributed by atoms with E-state index in [0.717, 1.165) is 32.1 Å². The molecule has 0 aromatic carbocycles. The number of hydrogen-bond donors (Lipinski definition) is 1. The van der Waals surface area contributed by atoms with Crippen molar-refractivity contribution in [2.75, 3.05) is 0 Å². The van der Waals surface area contributed by atoms with Gasteiger partial charge < -0.3 is 14.6 Å². The molecule has 1 N–H and O–H groups in total. The van der Waals surface area contributed by atoms with Gasteiger partial charge in [-0.05, 0) is 110 Å². The first-order valence-corrected chi connectivity index (χ1v) is 15.0. The van der Waals surface area contributed by atoms with Crippen molar-refractivity contribution in [3.8, 4) is 0 Å². The molecule has 0 radical (unpaired) electrons. The molecule has 8 heteroatoms. The van der Waals surface area contributed by atoms with Crippen molar-refractivity contribution in [3.63, 3.8) is 0 Å². The molecule has 4 saturated carbocycles. The number of aliphatic hydroxyl groups is 1. The van der Waals surface area contributed by atoms with E-state index in [1.807, 2.05) is 41.5 Å². The minimum Gasteiger partial charge on any atom is -0.459 e. The minimum absolute atomic E-state index is 0.00892. The molecule has 4 aliphatic carbocycles. The van der Waals surface area contributed by atoms with Crippen molar-refractivity contribution >= 4 is 11.9 Å². The zero-order chi connectivity index (χ0) is 29.9. The topological polar surface area (TPSA) is 72.8 Å². The van der Waals surface area contributed by atoms with E-state index in [2.05, 4.69) is 0 Å². The maximum absolute atomic E-state index is 12.4. The zero-order valence-corrected chi connectivity index (χ0v) is 25.6. The molecular formula is C31H53F3O5. The smallest absolute Gasteiger partial charge is 0.389 e. The van der Waals surface area contributed by atoms with Crippen LogP contribution in [-0.4, -0.2) is 40.0 Å².